The maximum atomic E-state index is 12.5. The van der Waals surface area contributed by atoms with Gasteiger partial charge in [-0.05, 0) is 61.9 Å². The first-order valence-electron chi connectivity index (χ1n) is 10.5. The first-order valence-corrected chi connectivity index (χ1v) is 10.5. The van der Waals surface area contributed by atoms with E-state index in [0.717, 1.165) is 51.7 Å². The first-order chi connectivity index (χ1) is 15.5. The van der Waals surface area contributed by atoms with E-state index < -0.39 is 0 Å². The van der Waals surface area contributed by atoms with E-state index >= 15 is 0 Å². The summed E-state index contributed by atoms with van der Waals surface area (Å²) in [4.78, 5) is 25.5. The molecule has 0 spiro atoms. The minimum atomic E-state index is -0.188. The molecule has 0 saturated heterocycles. The van der Waals surface area contributed by atoms with Crippen molar-refractivity contribution in [1.29, 1.82) is 0 Å². The van der Waals surface area contributed by atoms with Crippen molar-refractivity contribution < 1.29 is 4.79 Å². The highest BCUT2D eigenvalue weighted by Gasteiger charge is 2.26. The smallest absolute Gasteiger partial charge is 0.249 e. The molecule has 1 fully saturated rings. The number of nitrogens with zero attached hydrogens (tertiary/aromatic N) is 5. The molecule has 32 heavy (non-hydrogen) atoms. The van der Waals surface area contributed by atoms with E-state index in [9.17, 15) is 4.79 Å². The summed E-state index contributed by atoms with van der Waals surface area (Å²) in [7, 11) is 0. The number of carbonyl (C=O) groups is 1. The Morgan fingerprint density at radius 2 is 2.06 bits per heavy atom. The number of aryl methyl sites for hydroxylation is 2. The molecule has 1 aliphatic rings. The van der Waals surface area contributed by atoms with Gasteiger partial charge in [0.1, 0.15) is 11.6 Å². The number of hydrogen-bond donors (Lipinski definition) is 2. The number of fused-ring (bicyclic) bond motifs is 1. The molecule has 1 saturated carbocycles. The van der Waals surface area contributed by atoms with Crippen molar-refractivity contribution in [2.45, 2.75) is 32.7 Å². The SMILES string of the molecule is Cc1ccn(C2CC(=CC(=O)Nc3cc4cc(-c5cnccc5C)nc(N)c4cn3)C2)n1. The molecular formula is C24H23N7O. The monoisotopic (exact) mass is 425 g/mol. The van der Waals surface area contributed by atoms with Gasteiger partial charge in [0.2, 0.25) is 5.91 Å². The molecule has 0 bridgehead atoms. The highest BCUT2D eigenvalue weighted by molar-refractivity contribution is 6.01. The lowest BCUT2D eigenvalue weighted by Gasteiger charge is -2.29. The summed E-state index contributed by atoms with van der Waals surface area (Å²) in [6, 6.07) is 8.00. The van der Waals surface area contributed by atoms with Crippen LogP contribution < -0.4 is 11.1 Å². The molecule has 8 nitrogen and oxygen atoms in total. The summed E-state index contributed by atoms with van der Waals surface area (Å²) in [5.74, 6) is 0.673. The van der Waals surface area contributed by atoms with E-state index in [2.05, 4.69) is 25.4 Å². The first kappa shape index (κ1) is 19.9. The van der Waals surface area contributed by atoms with E-state index in [1.54, 1.807) is 24.7 Å². The zero-order chi connectivity index (χ0) is 22.2. The summed E-state index contributed by atoms with van der Waals surface area (Å²) in [6.45, 7) is 3.98. The number of pyridine rings is 3. The van der Waals surface area contributed by atoms with E-state index in [1.807, 2.05) is 49.0 Å². The van der Waals surface area contributed by atoms with Crippen LogP contribution >= 0.6 is 0 Å². The van der Waals surface area contributed by atoms with Gasteiger partial charge in [-0.2, -0.15) is 5.10 Å². The molecule has 4 aromatic rings. The van der Waals surface area contributed by atoms with Crippen LogP contribution in [0.15, 0.2) is 60.7 Å². The number of allylic oxidation sites excluding steroid dienone is 1. The van der Waals surface area contributed by atoms with Crippen molar-refractivity contribution >= 4 is 28.3 Å². The second kappa shape index (κ2) is 7.88. The molecule has 8 heteroatoms. The number of aromatic nitrogens is 5. The van der Waals surface area contributed by atoms with Crippen LogP contribution in [0.3, 0.4) is 0 Å². The van der Waals surface area contributed by atoms with Crippen molar-refractivity contribution in [3.05, 3.63) is 72.0 Å². The topological polar surface area (TPSA) is 112 Å². The maximum Gasteiger partial charge on any atom is 0.249 e. The van der Waals surface area contributed by atoms with Crippen molar-refractivity contribution in [3.8, 4) is 11.3 Å². The lowest BCUT2D eigenvalue weighted by molar-refractivity contribution is -0.112. The number of rotatable bonds is 4. The molecule has 1 aliphatic carbocycles. The van der Waals surface area contributed by atoms with Crippen molar-refractivity contribution in [1.82, 2.24) is 24.7 Å². The predicted molar refractivity (Wildman–Crippen MR) is 124 cm³/mol. The van der Waals surface area contributed by atoms with Crippen LogP contribution in [-0.4, -0.2) is 30.6 Å². The van der Waals surface area contributed by atoms with Gasteiger partial charge in [0.15, 0.2) is 0 Å². The van der Waals surface area contributed by atoms with Crippen LogP contribution in [0.25, 0.3) is 22.0 Å². The summed E-state index contributed by atoms with van der Waals surface area (Å²) in [5.41, 5.74) is 11.0. The quantitative estimate of drug-likeness (QED) is 0.478. The second-order valence-electron chi connectivity index (χ2n) is 8.17. The molecule has 0 aliphatic heterocycles. The fraction of sp³-hybridized carbons (Fsp3) is 0.208. The molecule has 160 valence electrons. The van der Waals surface area contributed by atoms with Crippen LogP contribution in [-0.2, 0) is 4.79 Å². The van der Waals surface area contributed by atoms with Gasteiger partial charge in [-0.1, -0.05) is 5.57 Å². The number of carbonyl (C=O) groups excluding carboxylic acids is 1. The molecule has 0 aromatic carbocycles. The standard InChI is InChI=1S/C24H23N7O/c1-14-3-5-26-12-19(14)21-10-17-11-22(27-13-20(17)24(25)28-21)29-23(32)9-16-7-18(8-16)31-6-4-15(2)30-31/h3-6,9-13,18H,7-8H2,1-2H3,(H2,25,28)(H,27,29,32). The number of nitrogens with one attached hydrogen (secondary N) is 1. The summed E-state index contributed by atoms with van der Waals surface area (Å²) in [6.07, 6.45) is 10.5. The Bertz CT molecular complexity index is 1360. The Hall–Kier alpha value is -4.07. The van der Waals surface area contributed by atoms with Crippen LogP contribution in [0.1, 0.15) is 30.1 Å². The minimum Gasteiger partial charge on any atom is -0.383 e. The van der Waals surface area contributed by atoms with Crippen LogP contribution in [0, 0.1) is 13.8 Å². The van der Waals surface area contributed by atoms with Gasteiger partial charge in [0.25, 0.3) is 0 Å². The number of nitrogen functional groups attached to an aromatic ring is 1. The van der Waals surface area contributed by atoms with Gasteiger partial charge in [0, 0.05) is 41.8 Å². The summed E-state index contributed by atoms with van der Waals surface area (Å²) >= 11 is 0. The third kappa shape index (κ3) is 3.82. The molecule has 1 amide bonds. The minimum absolute atomic E-state index is 0.188. The van der Waals surface area contributed by atoms with Crippen molar-refractivity contribution in [2.75, 3.05) is 11.1 Å². The zero-order valence-electron chi connectivity index (χ0n) is 17.9. The predicted octanol–water partition coefficient (Wildman–Crippen LogP) is 3.99. The van der Waals surface area contributed by atoms with E-state index in [0.29, 0.717) is 17.7 Å². The highest BCUT2D eigenvalue weighted by Crippen LogP contribution is 2.36. The van der Waals surface area contributed by atoms with Crippen molar-refractivity contribution in [2.24, 2.45) is 0 Å². The number of nitrogens with two attached hydrogens (primary N) is 1. The largest absolute Gasteiger partial charge is 0.383 e. The van der Waals surface area contributed by atoms with E-state index in [-0.39, 0.29) is 5.91 Å². The second-order valence-corrected chi connectivity index (χ2v) is 8.17. The van der Waals surface area contributed by atoms with Gasteiger partial charge >= 0.3 is 0 Å². The molecule has 5 rings (SSSR count). The van der Waals surface area contributed by atoms with Gasteiger partial charge in [-0.3, -0.25) is 14.5 Å². The molecular weight excluding hydrogens is 402 g/mol. The molecule has 0 radical (unpaired) electrons. The van der Waals surface area contributed by atoms with Gasteiger partial charge in [-0.15, -0.1) is 0 Å². The molecule has 0 unspecified atom stereocenters. The van der Waals surface area contributed by atoms with Crippen LogP contribution in [0.2, 0.25) is 0 Å². The van der Waals surface area contributed by atoms with Gasteiger partial charge in [-0.25, -0.2) is 9.97 Å². The van der Waals surface area contributed by atoms with Gasteiger partial charge in [0.05, 0.1) is 17.4 Å². The number of anilines is 2. The lowest BCUT2D eigenvalue weighted by atomic mass is 9.86. The molecule has 4 heterocycles. The number of amides is 1. The Morgan fingerprint density at radius 3 is 2.81 bits per heavy atom. The summed E-state index contributed by atoms with van der Waals surface area (Å²) < 4.78 is 1.97. The normalized spacial score (nSPS) is 15.4. The Balaban J connectivity index is 1.33. The van der Waals surface area contributed by atoms with Crippen molar-refractivity contribution in [3.63, 3.8) is 0 Å². The summed E-state index contributed by atoms with van der Waals surface area (Å²) in [5, 5.41) is 8.90. The maximum absolute atomic E-state index is 12.5. The highest BCUT2D eigenvalue weighted by atomic mass is 16.1. The van der Waals surface area contributed by atoms with Gasteiger partial charge < -0.3 is 11.1 Å². The average Bonchev–Trinajstić information content (AvgIpc) is 3.16. The van der Waals surface area contributed by atoms with Crippen LogP contribution in [0.5, 0.6) is 0 Å². The van der Waals surface area contributed by atoms with E-state index in [4.69, 9.17) is 5.73 Å². The Morgan fingerprint density at radius 1 is 1.22 bits per heavy atom. The third-order valence-corrected chi connectivity index (χ3v) is 5.76. The average molecular weight is 425 g/mol. The Labute approximate surface area is 185 Å². The Kier molecular flexibility index (Phi) is 4.89. The lowest BCUT2D eigenvalue weighted by Crippen LogP contribution is -2.22. The van der Waals surface area contributed by atoms with Crippen LogP contribution in [0.4, 0.5) is 11.6 Å². The fourth-order valence-corrected chi connectivity index (χ4v) is 3.95. The zero-order valence-corrected chi connectivity index (χ0v) is 17.9. The number of hydrogen-bond acceptors (Lipinski definition) is 6. The molecule has 0 atom stereocenters. The fourth-order valence-electron chi connectivity index (χ4n) is 3.95. The third-order valence-electron chi connectivity index (χ3n) is 5.76. The molecule has 3 N–H and O–H groups in total. The molecule has 4 aromatic heterocycles. The van der Waals surface area contributed by atoms with E-state index in [1.165, 1.54) is 0 Å².